The molecule has 1 fully saturated rings. The van der Waals surface area contributed by atoms with Crippen molar-refractivity contribution in [1.29, 1.82) is 0 Å². The normalized spacial score (nSPS) is 18.6. The first-order chi connectivity index (χ1) is 14.2. The SMILES string of the molecule is CCCn1c2c(c3nnc(SCC(=O)NC(C)C4CCCCC4)nc31)CCCC2. The van der Waals surface area contributed by atoms with Crippen molar-refractivity contribution in [2.24, 2.45) is 5.92 Å². The minimum Gasteiger partial charge on any atom is -0.353 e. The molecule has 2 aliphatic rings. The van der Waals surface area contributed by atoms with Crippen LogP contribution in [0.3, 0.4) is 0 Å². The van der Waals surface area contributed by atoms with Crippen molar-refractivity contribution in [3.8, 4) is 0 Å². The van der Waals surface area contributed by atoms with Gasteiger partial charge in [-0.25, -0.2) is 4.98 Å². The number of hydrogen-bond acceptors (Lipinski definition) is 5. The zero-order valence-corrected chi connectivity index (χ0v) is 18.6. The number of thioether (sulfide) groups is 1. The molecule has 0 radical (unpaired) electrons. The number of hydrogen-bond donors (Lipinski definition) is 1. The highest BCUT2D eigenvalue weighted by molar-refractivity contribution is 7.99. The Labute approximate surface area is 177 Å². The summed E-state index contributed by atoms with van der Waals surface area (Å²) in [5, 5.41) is 12.7. The summed E-state index contributed by atoms with van der Waals surface area (Å²) in [7, 11) is 0. The van der Waals surface area contributed by atoms with Crippen LogP contribution in [0.4, 0.5) is 0 Å². The molecule has 1 unspecified atom stereocenters. The average Bonchev–Trinajstić information content (AvgIpc) is 3.06. The van der Waals surface area contributed by atoms with Crippen molar-refractivity contribution < 1.29 is 4.79 Å². The monoisotopic (exact) mass is 415 g/mol. The zero-order chi connectivity index (χ0) is 20.2. The maximum Gasteiger partial charge on any atom is 0.230 e. The van der Waals surface area contributed by atoms with Gasteiger partial charge in [-0.3, -0.25) is 4.79 Å². The van der Waals surface area contributed by atoms with Gasteiger partial charge >= 0.3 is 0 Å². The molecule has 0 spiro atoms. The van der Waals surface area contributed by atoms with Crippen molar-refractivity contribution >= 4 is 28.8 Å². The van der Waals surface area contributed by atoms with E-state index < -0.39 is 0 Å². The topological polar surface area (TPSA) is 72.7 Å². The molecular weight excluding hydrogens is 382 g/mol. The third-order valence-corrected chi connectivity index (χ3v) is 7.32. The molecule has 1 amide bonds. The second kappa shape index (κ2) is 9.45. The average molecular weight is 416 g/mol. The number of nitrogens with zero attached hydrogens (tertiary/aromatic N) is 4. The summed E-state index contributed by atoms with van der Waals surface area (Å²) >= 11 is 1.39. The number of amides is 1. The molecule has 0 aliphatic heterocycles. The first-order valence-corrected chi connectivity index (χ1v) is 12.3. The fourth-order valence-electron chi connectivity index (χ4n) is 4.96. The molecule has 158 valence electrons. The predicted molar refractivity (Wildman–Crippen MR) is 117 cm³/mol. The molecule has 2 aliphatic carbocycles. The maximum atomic E-state index is 12.4. The van der Waals surface area contributed by atoms with Gasteiger partial charge in [0.1, 0.15) is 5.52 Å². The number of aryl methyl sites for hydroxylation is 2. The van der Waals surface area contributed by atoms with Crippen LogP contribution in [0.15, 0.2) is 5.16 Å². The predicted octanol–water partition coefficient (Wildman–Crippen LogP) is 4.29. The molecule has 2 heterocycles. The lowest BCUT2D eigenvalue weighted by atomic mass is 9.84. The number of aromatic nitrogens is 4. The van der Waals surface area contributed by atoms with E-state index in [1.54, 1.807) is 0 Å². The van der Waals surface area contributed by atoms with Crippen LogP contribution in [0.1, 0.15) is 76.5 Å². The van der Waals surface area contributed by atoms with Gasteiger partial charge in [-0.15, -0.1) is 10.2 Å². The van der Waals surface area contributed by atoms with Crippen LogP contribution in [0.5, 0.6) is 0 Å². The number of carbonyl (C=O) groups excluding carboxylic acids is 1. The van der Waals surface area contributed by atoms with Gasteiger partial charge in [-0.2, -0.15) is 0 Å². The summed E-state index contributed by atoms with van der Waals surface area (Å²) in [6.07, 6.45) is 12.1. The second-order valence-corrected chi connectivity index (χ2v) is 9.54. The van der Waals surface area contributed by atoms with Crippen molar-refractivity contribution in [2.45, 2.75) is 95.8 Å². The van der Waals surface area contributed by atoms with Gasteiger partial charge in [0.05, 0.1) is 5.75 Å². The quantitative estimate of drug-likeness (QED) is 0.683. The summed E-state index contributed by atoms with van der Waals surface area (Å²) in [6.45, 7) is 5.31. The largest absolute Gasteiger partial charge is 0.353 e. The molecule has 0 aromatic carbocycles. The molecule has 1 N–H and O–H groups in total. The van der Waals surface area contributed by atoms with Gasteiger partial charge in [-0.1, -0.05) is 37.9 Å². The van der Waals surface area contributed by atoms with Crippen LogP contribution in [0.25, 0.3) is 11.2 Å². The van der Waals surface area contributed by atoms with Gasteiger partial charge in [0, 0.05) is 23.8 Å². The number of fused-ring (bicyclic) bond motifs is 3. The van der Waals surface area contributed by atoms with Crippen LogP contribution >= 0.6 is 11.8 Å². The fraction of sp³-hybridized carbons (Fsp3) is 0.727. The second-order valence-electron chi connectivity index (χ2n) is 8.59. The van der Waals surface area contributed by atoms with Crippen molar-refractivity contribution in [1.82, 2.24) is 25.1 Å². The molecule has 1 saturated carbocycles. The zero-order valence-electron chi connectivity index (χ0n) is 17.7. The lowest BCUT2D eigenvalue weighted by Crippen LogP contribution is -2.39. The van der Waals surface area contributed by atoms with Crippen LogP contribution < -0.4 is 5.32 Å². The van der Waals surface area contributed by atoms with Gasteiger partial charge in [-0.05, 0) is 57.8 Å². The minimum absolute atomic E-state index is 0.0694. The van der Waals surface area contributed by atoms with Crippen LogP contribution in [-0.4, -0.2) is 37.5 Å². The standard InChI is InChI=1S/C22H33N5OS/c1-3-13-27-18-12-8-7-11-17(18)20-21(27)24-22(26-25-20)29-14-19(28)23-15(2)16-9-5-4-6-10-16/h15-16H,3-14H2,1-2H3,(H,23,28). The smallest absolute Gasteiger partial charge is 0.230 e. The van der Waals surface area contributed by atoms with E-state index in [0.717, 1.165) is 37.0 Å². The summed E-state index contributed by atoms with van der Waals surface area (Å²) in [6, 6.07) is 0.249. The molecule has 4 rings (SSSR count). The van der Waals surface area contributed by atoms with Gasteiger partial charge in [0.2, 0.25) is 11.1 Å². The summed E-state index contributed by atoms with van der Waals surface area (Å²) in [5.41, 5.74) is 4.66. The molecule has 6 nitrogen and oxygen atoms in total. The Kier molecular flexibility index (Phi) is 6.73. The number of carbonyl (C=O) groups is 1. The molecule has 0 bridgehead atoms. The molecule has 1 atom stereocenters. The first kappa shape index (κ1) is 20.6. The van der Waals surface area contributed by atoms with E-state index in [1.165, 1.54) is 68.0 Å². The Balaban J connectivity index is 1.43. The first-order valence-electron chi connectivity index (χ1n) is 11.3. The van der Waals surface area contributed by atoms with Gasteiger partial charge < -0.3 is 9.88 Å². The Bertz CT molecular complexity index is 858. The van der Waals surface area contributed by atoms with Crippen molar-refractivity contribution in [2.75, 3.05) is 5.75 Å². The third kappa shape index (κ3) is 4.60. The fourth-order valence-corrected chi connectivity index (χ4v) is 5.55. The molecule has 0 saturated heterocycles. The van der Waals surface area contributed by atoms with E-state index >= 15 is 0 Å². The Morgan fingerprint density at radius 3 is 2.76 bits per heavy atom. The summed E-state index contributed by atoms with van der Waals surface area (Å²) in [4.78, 5) is 17.3. The highest BCUT2D eigenvalue weighted by Gasteiger charge is 2.24. The highest BCUT2D eigenvalue weighted by atomic mass is 32.2. The molecule has 7 heteroatoms. The maximum absolute atomic E-state index is 12.4. The van der Waals surface area contributed by atoms with E-state index in [1.807, 2.05) is 0 Å². The number of nitrogens with one attached hydrogen (secondary N) is 1. The van der Waals surface area contributed by atoms with Gasteiger partial charge in [0.25, 0.3) is 0 Å². The Morgan fingerprint density at radius 2 is 1.97 bits per heavy atom. The van der Waals surface area contributed by atoms with Gasteiger partial charge in [0.15, 0.2) is 5.65 Å². The molecule has 29 heavy (non-hydrogen) atoms. The minimum atomic E-state index is 0.0694. The van der Waals surface area contributed by atoms with E-state index in [-0.39, 0.29) is 11.9 Å². The lowest BCUT2D eigenvalue weighted by molar-refractivity contribution is -0.119. The summed E-state index contributed by atoms with van der Waals surface area (Å²) in [5.74, 6) is 1.04. The van der Waals surface area contributed by atoms with E-state index in [0.29, 0.717) is 16.8 Å². The summed E-state index contributed by atoms with van der Waals surface area (Å²) < 4.78 is 2.34. The lowest BCUT2D eigenvalue weighted by Gasteiger charge is -2.28. The third-order valence-electron chi connectivity index (χ3n) is 6.48. The van der Waals surface area contributed by atoms with E-state index in [9.17, 15) is 4.79 Å². The van der Waals surface area contributed by atoms with Crippen LogP contribution in [0, 0.1) is 5.92 Å². The molecular formula is C22H33N5OS. The van der Waals surface area contributed by atoms with Crippen LogP contribution in [0.2, 0.25) is 0 Å². The van der Waals surface area contributed by atoms with Crippen LogP contribution in [-0.2, 0) is 24.2 Å². The Morgan fingerprint density at radius 1 is 1.17 bits per heavy atom. The molecule has 2 aromatic heterocycles. The Hall–Kier alpha value is -1.63. The van der Waals surface area contributed by atoms with E-state index in [2.05, 4.69) is 33.9 Å². The number of rotatable bonds is 7. The highest BCUT2D eigenvalue weighted by Crippen LogP contribution is 2.31. The van der Waals surface area contributed by atoms with Crippen molar-refractivity contribution in [3.05, 3.63) is 11.3 Å². The molecule has 2 aromatic rings. The van der Waals surface area contributed by atoms with Crippen molar-refractivity contribution in [3.63, 3.8) is 0 Å². The van der Waals surface area contributed by atoms with E-state index in [4.69, 9.17) is 4.98 Å².